The van der Waals surface area contributed by atoms with E-state index in [9.17, 15) is 14.7 Å². The number of nitrogens with zero attached hydrogens (tertiary/aromatic N) is 2. The number of amides is 2. The van der Waals surface area contributed by atoms with Gasteiger partial charge in [0, 0.05) is 25.4 Å². The number of para-hydroxylation sites is 1. The average Bonchev–Trinajstić information content (AvgIpc) is 3.46. The molecule has 2 saturated heterocycles. The van der Waals surface area contributed by atoms with Crippen molar-refractivity contribution in [2.24, 2.45) is 5.41 Å². The molecule has 1 N–H and O–H groups in total. The van der Waals surface area contributed by atoms with Crippen LogP contribution in [-0.4, -0.2) is 53.6 Å². The van der Waals surface area contributed by atoms with E-state index in [-0.39, 0.29) is 11.9 Å². The van der Waals surface area contributed by atoms with Gasteiger partial charge in [0.25, 0.3) is 0 Å². The van der Waals surface area contributed by atoms with E-state index in [1.807, 2.05) is 42.5 Å². The van der Waals surface area contributed by atoms with Gasteiger partial charge in [-0.1, -0.05) is 18.2 Å². The molecule has 2 unspecified atom stereocenters. The van der Waals surface area contributed by atoms with Crippen LogP contribution in [0.25, 0.3) is 0 Å². The molecule has 2 aliphatic rings. The van der Waals surface area contributed by atoms with Gasteiger partial charge >= 0.3 is 6.09 Å². The number of furan rings is 1. The van der Waals surface area contributed by atoms with Crippen LogP contribution in [0.4, 0.5) is 10.5 Å². The van der Waals surface area contributed by atoms with Gasteiger partial charge in [-0.25, -0.2) is 4.79 Å². The van der Waals surface area contributed by atoms with Crippen molar-refractivity contribution >= 4 is 17.7 Å². The largest absolute Gasteiger partial charge is 0.483 e. The van der Waals surface area contributed by atoms with Crippen molar-refractivity contribution in [1.29, 1.82) is 0 Å². The zero-order valence-electron chi connectivity index (χ0n) is 22.4. The Hall–Kier alpha value is -3.82. The number of β-lactam (4-membered cyclic amide) rings is 1. The molecule has 9 nitrogen and oxygen atoms in total. The van der Waals surface area contributed by atoms with Crippen LogP contribution in [0.15, 0.2) is 77.4 Å². The maximum atomic E-state index is 13.8. The number of hydrogen-bond donors (Lipinski definition) is 1. The van der Waals surface area contributed by atoms with Crippen LogP contribution in [0.3, 0.4) is 0 Å². The number of aliphatic hydroxyl groups is 1. The van der Waals surface area contributed by atoms with Crippen molar-refractivity contribution in [3.8, 4) is 11.5 Å². The molecule has 39 heavy (non-hydrogen) atoms. The second-order valence-electron chi connectivity index (χ2n) is 10.4. The second kappa shape index (κ2) is 10.7. The number of piperidine rings is 1. The van der Waals surface area contributed by atoms with E-state index in [4.69, 9.17) is 18.6 Å². The van der Waals surface area contributed by atoms with Gasteiger partial charge in [-0.3, -0.25) is 4.79 Å². The van der Waals surface area contributed by atoms with Crippen LogP contribution in [0.1, 0.15) is 45.4 Å². The van der Waals surface area contributed by atoms with Gasteiger partial charge in [0.15, 0.2) is 11.9 Å². The molecule has 3 heterocycles. The standard InChI is InChI=1S/C30H34N2O7/c1-4-36-27(34)29(2,3)39-23-14-12-21(13-15-23)32-25(24-11-8-20-37-24)30(26(32)33)16-18-31(19-17-30)28(35)38-22-9-6-5-7-10-22/h5-15,20,25,27,34H,4,16-19H2,1-3H3. The highest BCUT2D eigenvalue weighted by Crippen LogP contribution is 2.57. The number of aliphatic hydroxyl groups excluding tert-OH is 1. The fourth-order valence-electron chi connectivity index (χ4n) is 5.38. The number of hydrogen-bond acceptors (Lipinski definition) is 7. The van der Waals surface area contributed by atoms with E-state index in [0.717, 1.165) is 0 Å². The van der Waals surface area contributed by atoms with Crippen molar-refractivity contribution in [3.05, 3.63) is 78.8 Å². The van der Waals surface area contributed by atoms with E-state index in [0.29, 0.717) is 55.5 Å². The second-order valence-corrected chi connectivity index (χ2v) is 10.4. The number of carbonyl (C=O) groups is 2. The third-order valence-corrected chi connectivity index (χ3v) is 7.52. The Morgan fingerprint density at radius 2 is 1.74 bits per heavy atom. The molecule has 2 atom stereocenters. The molecule has 0 radical (unpaired) electrons. The van der Waals surface area contributed by atoms with Gasteiger partial charge in [-0.15, -0.1) is 0 Å². The van der Waals surface area contributed by atoms with Crippen LogP contribution in [0.5, 0.6) is 11.5 Å². The predicted molar refractivity (Wildman–Crippen MR) is 143 cm³/mol. The minimum Gasteiger partial charge on any atom is -0.483 e. The number of rotatable bonds is 8. The Labute approximate surface area is 227 Å². The third kappa shape index (κ3) is 5.12. The van der Waals surface area contributed by atoms with Crippen LogP contribution in [0, 0.1) is 5.41 Å². The van der Waals surface area contributed by atoms with E-state index in [1.54, 1.807) is 61.1 Å². The summed E-state index contributed by atoms with van der Waals surface area (Å²) in [5.41, 5.74) is -0.908. The number of carbonyl (C=O) groups excluding carboxylic acids is 2. The lowest BCUT2D eigenvalue weighted by molar-refractivity contribution is -0.186. The highest BCUT2D eigenvalue weighted by Gasteiger charge is 2.63. The first-order valence-corrected chi connectivity index (χ1v) is 13.2. The fraction of sp³-hybridized carbons (Fsp3) is 0.400. The third-order valence-electron chi connectivity index (χ3n) is 7.52. The molecule has 0 aliphatic carbocycles. The number of likely N-dealkylation sites (tertiary alicyclic amines) is 1. The first kappa shape index (κ1) is 26.8. The summed E-state index contributed by atoms with van der Waals surface area (Å²) in [4.78, 5) is 29.9. The molecule has 2 amide bonds. The number of benzene rings is 2. The highest BCUT2D eigenvalue weighted by molar-refractivity contribution is 6.06. The normalized spacial score (nSPS) is 19.5. The Kier molecular flexibility index (Phi) is 7.38. The summed E-state index contributed by atoms with van der Waals surface area (Å²) >= 11 is 0. The summed E-state index contributed by atoms with van der Waals surface area (Å²) in [5, 5.41) is 10.2. The predicted octanol–water partition coefficient (Wildman–Crippen LogP) is 5.16. The molecular weight excluding hydrogens is 500 g/mol. The first-order valence-electron chi connectivity index (χ1n) is 13.2. The lowest BCUT2D eigenvalue weighted by Gasteiger charge is -2.57. The topological polar surface area (TPSA) is 102 Å². The Bertz CT molecular complexity index is 1270. The van der Waals surface area contributed by atoms with E-state index in [1.165, 1.54) is 0 Å². The van der Waals surface area contributed by atoms with Gasteiger partial charge in [0.05, 0.1) is 11.7 Å². The lowest BCUT2D eigenvalue weighted by Crippen LogP contribution is -2.67. The maximum absolute atomic E-state index is 13.8. The maximum Gasteiger partial charge on any atom is 0.415 e. The summed E-state index contributed by atoms with van der Waals surface area (Å²) < 4.78 is 22.5. The molecule has 9 heteroatoms. The van der Waals surface area contributed by atoms with Crippen LogP contribution in [0.2, 0.25) is 0 Å². The molecule has 1 spiro atoms. The lowest BCUT2D eigenvalue weighted by atomic mass is 9.63. The van der Waals surface area contributed by atoms with E-state index in [2.05, 4.69) is 0 Å². The minimum atomic E-state index is -1.09. The van der Waals surface area contributed by atoms with E-state index < -0.39 is 23.4 Å². The summed E-state index contributed by atoms with van der Waals surface area (Å²) in [6, 6.07) is 19.6. The van der Waals surface area contributed by atoms with Gasteiger partial charge in [-0.05, 0) is 82.1 Å². The van der Waals surface area contributed by atoms with Gasteiger partial charge < -0.3 is 33.5 Å². The summed E-state index contributed by atoms with van der Waals surface area (Å²) in [6.45, 7) is 6.49. The summed E-state index contributed by atoms with van der Waals surface area (Å²) in [5.74, 6) is 1.74. The Morgan fingerprint density at radius 3 is 2.36 bits per heavy atom. The van der Waals surface area contributed by atoms with Gasteiger partial charge in [0.1, 0.15) is 23.3 Å². The molecule has 1 aromatic heterocycles. The quantitative estimate of drug-likeness (QED) is 0.315. The SMILES string of the molecule is CCOC(O)C(C)(C)Oc1ccc(N2C(=O)C3(CCN(C(=O)Oc4ccccc4)CC3)C2c2ccco2)cc1. The first-order chi connectivity index (χ1) is 18.7. The highest BCUT2D eigenvalue weighted by atomic mass is 16.6. The zero-order chi connectivity index (χ0) is 27.6. The molecular formula is C30H34N2O7. The molecule has 2 aromatic carbocycles. The molecule has 2 fully saturated rings. The van der Waals surface area contributed by atoms with E-state index >= 15 is 0 Å². The Morgan fingerprint density at radius 1 is 1.05 bits per heavy atom. The molecule has 0 saturated carbocycles. The van der Waals surface area contributed by atoms with Crippen molar-refractivity contribution in [2.45, 2.75) is 51.5 Å². The molecule has 0 bridgehead atoms. The molecule has 206 valence electrons. The van der Waals surface area contributed by atoms with Crippen molar-refractivity contribution in [2.75, 3.05) is 24.6 Å². The van der Waals surface area contributed by atoms with Crippen molar-refractivity contribution in [1.82, 2.24) is 4.90 Å². The number of anilines is 1. The molecule has 2 aliphatic heterocycles. The smallest absolute Gasteiger partial charge is 0.415 e. The monoisotopic (exact) mass is 534 g/mol. The van der Waals surface area contributed by atoms with Gasteiger partial charge in [0.2, 0.25) is 5.91 Å². The zero-order valence-corrected chi connectivity index (χ0v) is 22.4. The van der Waals surface area contributed by atoms with Crippen LogP contribution in [-0.2, 0) is 9.53 Å². The fourth-order valence-corrected chi connectivity index (χ4v) is 5.38. The van der Waals surface area contributed by atoms with Crippen LogP contribution >= 0.6 is 0 Å². The average molecular weight is 535 g/mol. The van der Waals surface area contributed by atoms with Crippen LogP contribution < -0.4 is 14.4 Å². The Balaban J connectivity index is 1.30. The summed E-state index contributed by atoms with van der Waals surface area (Å²) in [7, 11) is 0. The minimum absolute atomic E-state index is 0.000688. The van der Waals surface area contributed by atoms with Crippen molar-refractivity contribution in [3.63, 3.8) is 0 Å². The van der Waals surface area contributed by atoms with Gasteiger partial charge in [-0.2, -0.15) is 0 Å². The number of ether oxygens (including phenoxy) is 3. The van der Waals surface area contributed by atoms with Crippen molar-refractivity contribution < 1.29 is 33.3 Å². The molecule has 3 aromatic rings. The summed E-state index contributed by atoms with van der Waals surface area (Å²) in [6.07, 6.45) is 1.12. The molecule has 5 rings (SSSR count).